The molecule has 0 unspecified atom stereocenters. The third kappa shape index (κ3) is 4.68. The highest BCUT2D eigenvalue weighted by molar-refractivity contribution is 7.22. The van der Waals surface area contributed by atoms with Crippen LogP contribution < -0.4 is 4.90 Å². The summed E-state index contributed by atoms with van der Waals surface area (Å²) in [7, 11) is 1.71. The molecular formula is C39H32Cl2N4O5S2. The average molecular weight is 772 g/mol. The second-order valence-corrected chi connectivity index (χ2v) is 17.4. The zero-order valence-electron chi connectivity index (χ0n) is 28.3. The molecule has 2 aromatic carbocycles. The molecule has 5 aromatic rings. The third-order valence-corrected chi connectivity index (χ3v) is 14.4. The molecule has 13 heteroatoms. The van der Waals surface area contributed by atoms with Gasteiger partial charge in [-0.15, -0.1) is 22.7 Å². The zero-order chi connectivity index (χ0) is 36.4. The van der Waals surface area contributed by atoms with E-state index in [0.29, 0.717) is 33.5 Å². The quantitative estimate of drug-likeness (QED) is 0.143. The van der Waals surface area contributed by atoms with Crippen molar-refractivity contribution in [1.82, 2.24) is 14.7 Å². The summed E-state index contributed by atoms with van der Waals surface area (Å²) < 4.78 is 2.60. The Morgan fingerprint density at radius 2 is 1.75 bits per heavy atom. The summed E-state index contributed by atoms with van der Waals surface area (Å²) in [6, 6.07) is 16.0. The Morgan fingerprint density at radius 1 is 0.981 bits per heavy atom. The molecule has 0 bridgehead atoms. The number of hydrogen-bond acceptors (Lipinski definition) is 8. The van der Waals surface area contributed by atoms with Crippen molar-refractivity contribution >= 4 is 85.4 Å². The van der Waals surface area contributed by atoms with Gasteiger partial charge in [-0.1, -0.05) is 40.9 Å². The van der Waals surface area contributed by atoms with Crippen LogP contribution in [0, 0.1) is 36.0 Å². The molecule has 0 radical (unpaired) electrons. The molecule has 0 spiro atoms. The van der Waals surface area contributed by atoms with E-state index in [0.717, 1.165) is 31.0 Å². The lowest BCUT2D eigenvalue weighted by atomic mass is 9.51. The van der Waals surface area contributed by atoms with Crippen LogP contribution in [0.3, 0.4) is 0 Å². The van der Waals surface area contributed by atoms with Crippen LogP contribution in [0.25, 0.3) is 20.7 Å². The van der Waals surface area contributed by atoms with E-state index in [1.54, 1.807) is 48.2 Å². The second-order valence-electron chi connectivity index (χ2n) is 14.4. The van der Waals surface area contributed by atoms with E-state index in [1.165, 1.54) is 27.2 Å². The van der Waals surface area contributed by atoms with Crippen molar-refractivity contribution in [3.8, 4) is 16.3 Å². The lowest BCUT2D eigenvalue weighted by Gasteiger charge is -2.49. The number of carbonyl (C=O) groups is 4. The molecule has 52 heavy (non-hydrogen) atoms. The molecule has 9 nitrogen and oxygen atoms in total. The van der Waals surface area contributed by atoms with Crippen LogP contribution >= 0.6 is 45.9 Å². The normalized spacial score (nSPS) is 27.0. The minimum Gasteiger partial charge on any atom is -0.508 e. The maximum atomic E-state index is 15.0. The van der Waals surface area contributed by atoms with Crippen LogP contribution in [0.2, 0.25) is 10.0 Å². The van der Waals surface area contributed by atoms with Gasteiger partial charge in [-0.25, -0.2) is 4.90 Å². The Hall–Kier alpha value is -4.29. The van der Waals surface area contributed by atoms with E-state index in [2.05, 4.69) is 0 Å². The number of benzene rings is 2. The third-order valence-electron chi connectivity index (χ3n) is 11.8. The first-order chi connectivity index (χ1) is 24.9. The number of imide groups is 2. The van der Waals surface area contributed by atoms with Crippen LogP contribution in [0.15, 0.2) is 71.6 Å². The lowest BCUT2D eigenvalue weighted by Crippen LogP contribution is -2.48. The first-order valence-electron chi connectivity index (χ1n) is 17.1. The van der Waals surface area contributed by atoms with Crippen molar-refractivity contribution in [1.29, 1.82) is 0 Å². The first-order valence-corrected chi connectivity index (χ1v) is 19.5. The maximum absolute atomic E-state index is 15.0. The Balaban J connectivity index is 1.15. The summed E-state index contributed by atoms with van der Waals surface area (Å²) in [5.41, 5.74) is 1.47. The molecule has 264 valence electrons. The molecule has 5 heterocycles. The van der Waals surface area contributed by atoms with E-state index in [-0.39, 0.29) is 30.5 Å². The number of likely N-dealkylation sites (tertiary alicyclic amines) is 1. The van der Waals surface area contributed by atoms with Crippen molar-refractivity contribution in [2.45, 2.75) is 39.2 Å². The fourth-order valence-corrected chi connectivity index (χ4v) is 11.5. The molecule has 9 rings (SSSR count). The van der Waals surface area contributed by atoms with Crippen molar-refractivity contribution in [3.05, 3.63) is 97.7 Å². The van der Waals surface area contributed by atoms with E-state index in [4.69, 9.17) is 28.3 Å². The maximum Gasteiger partial charge on any atom is 0.242 e. The predicted octanol–water partition coefficient (Wildman–Crippen LogP) is 8.12. The van der Waals surface area contributed by atoms with Gasteiger partial charge in [0.25, 0.3) is 0 Å². The number of hydrogen-bond donors (Lipinski definition) is 1. The van der Waals surface area contributed by atoms with Gasteiger partial charge in [0.2, 0.25) is 23.6 Å². The highest BCUT2D eigenvalue weighted by Gasteiger charge is 2.68. The number of fused-ring (bicyclic) bond motifs is 5. The summed E-state index contributed by atoms with van der Waals surface area (Å²) in [5.74, 6) is -4.44. The van der Waals surface area contributed by atoms with Crippen LogP contribution in [-0.2, 0) is 32.8 Å². The van der Waals surface area contributed by atoms with E-state index in [9.17, 15) is 19.5 Å². The minimum atomic E-state index is -1.34. The molecule has 3 aromatic heterocycles. The number of aromatic hydroxyl groups is 1. The van der Waals surface area contributed by atoms with Crippen LogP contribution in [0.5, 0.6) is 5.75 Å². The van der Waals surface area contributed by atoms with Gasteiger partial charge in [-0.3, -0.25) is 28.8 Å². The molecule has 1 N–H and O–H groups in total. The smallest absolute Gasteiger partial charge is 0.242 e. The van der Waals surface area contributed by atoms with Gasteiger partial charge in [-0.05, 0) is 91.4 Å². The Bertz CT molecular complexity index is 2420. The number of halogens is 2. The number of anilines is 1. The topological polar surface area (TPSA) is 113 Å². The highest BCUT2D eigenvalue weighted by Crippen LogP contribution is 2.64. The van der Waals surface area contributed by atoms with Gasteiger partial charge in [0.1, 0.15) is 17.3 Å². The van der Waals surface area contributed by atoms with Crippen molar-refractivity contribution in [3.63, 3.8) is 0 Å². The van der Waals surface area contributed by atoms with Gasteiger partial charge < -0.3 is 5.11 Å². The van der Waals surface area contributed by atoms with Crippen molar-refractivity contribution in [2.24, 2.45) is 36.1 Å². The molecule has 4 aliphatic rings. The van der Waals surface area contributed by atoms with Crippen molar-refractivity contribution < 1.29 is 24.3 Å². The van der Waals surface area contributed by atoms with E-state index < -0.39 is 46.8 Å². The molecule has 6 atom stereocenters. The first kappa shape index (κ1) is 33.5. The number of amides is 4. The van der Waals surface area contributed by atoms with Gasteiger partial charge in [-0.2, -0.15) is 5.10 Å². The molecular weight excluding hydrogens is 739 g/mol. The number of aryl methyl sites for hydroxylation is 2. The summed E-state index contributed by atoms with van der Waals surface area (Å²) in [6.07, 6.45) is 2.49. The fourth-order valence-electron chi connectivity index (χ4n) is 9.33. The van der Waals surface area contributed by atoms with Gasteiger partial charge in [0.15, 0.2) is 0 Å². The lowest BCUT2D eigenvalue weighted by molar-refractivity contribution is -0.141. The molecule has 3 fully saturated rings. The van der Waals surface area contributed by atoms with E-state index in [1.807, 2.05) is 48.7 Å². The van der Waals surface area contributed by atoms with Gasteiger partial charge >= 0.3 is 0 Å². The Morgan fingerprint density at radius 3 is 2.52 bits per heavy atom. The summed E-state index contributed by atoms with van der Waals surface area (Å²) in [6.45, 7) is 3.99. The average Bonchev–Trinajstić information content (AvgIpc) is 3.92. The van der Waals surface area contributed by atoms with Crippen LogP contribution in [-0.4, -0.2) is 43.4 Å². The Kier molecular flexibility index (Phi) is 7.65. The number of allylic oxidation sites excluding steroid dienone is 2. The van der Waals surface area contributed by atoms with Crippen molar-refractivity contribution in [2.75, 3.05) is 4.90 Å². The second kappa shape index (κ2) is 11.9. The SMILES string of the molecule is Cc1c(-c2cc(N3C(=O)[C@@H]4C[C@@H]5C(=CC[C@@H]6C(=O)N(Cc7cccs7)C(=O)[C@@H]65)[C@H](c5cc(Cl)ccc5O)[C@]4(C)C3=O)n(C)n2)sc2ccc(Cl)cc12. The number of thiophene rings is 2. The van der Waals surface area contributed by atoms with Crippen LogP contribution in [0.1, 0.15) is 41.7 Å². The number of phenols is 1. The van der Waals surface area contributed by atoms with E-state index >= 15 is 4.79 Å². The van der Waals surface area contributed by atoms with Crippen LogP contribution in [0.4, 0.5) is 5.82 Å². The highest BCUT2D eigenvalue weighted by atomic mass is 35.5. The van der Waals surface area contributed by atoms with Gasteiger partial charge in [0.05, 0.1) is 34.6 Å². The molecule has 4 amide bonds. The monoisotopic (exact) mass is 770 g/mol. The fraction of sp³-hybridized carbons (Fsp3) is 0.308. The zero-order valence-corrected chi connectivity index (χ0v) is 31.4. The summed E-state index contributed by atoms with van der Waals surface area (Å²) in [4.78, 5) is 62.2. The summed E-state index contributed by atoms with van der Waals surface area (Å²) >= 11 is 15.9. The standard InChI is InChI=1S/C39H32Cl2N4O5S2/c1-18-24-13-20(41)7-11-30(24)52-34(18)28-16-31(43(3)42-28)45-36(48)27-15-25-22(33(39(27,2)38(45)50)26-14-19(40)6-10-29(26)46)8-9-23-32(25)37(49)44(35(23)47)17-21-5-4-12-51-21/h4-8,10-14,16,23,25,27,32-33,46H,9,15,17H2,1-3H3/t23-,25+,27-,32-,33+,39+/m0/s1. The number of nitrogens with zero attached hydrogens (tertiary/aromatic N) is 4. The minimum absolute atomic E-state index is 0.0620. The number of carbonyl (C=O) groups excluding carboxylic acids is 4. The Labute approximate surface area is 317 Å². The molecule has 2 aliphatic heterocycles. The number of aromatic nitrogens is 2. The molecule has 2 aliphatic carbocycles. The number of rotatable bonds is 5. The predicted molar refractivity (Wildman–Crippen MR) is 201 cm³/mol. The summed E-state index contributed by atoms with van der Waals surface area (Å²) in [5, 5.41) is 20.0. The molecule has 2 saturated heterocycles. The largest absolute Gasteiger partial charge is 0.508 e. The molecule has 1 saturated carbocycles. The number of phenolic OH excluding ortho intramolecular Hbond substituents is 1. The van der Waals surface area contributed by atoms with Gasteiger partial charge in [0, 0.05) is 44.2 Å².